The molecule has 0 aliphatic heterocycles. The van der Waals surface area contributed by atoms with Gasteiger partial charge in [0.25, 0.3) is 0 Å². The number of aromatic nitrogens is 4. The highest BCUT2D eigenvalue weighted by molar-refractivity contribution is 9.10. The zero-order chi connectivity index (χ0) is 16.2. The summed E-state index contributed by atoms with van der Waals surface area (Å²) in [5, 5.41) is 3.08. The summed E-state index contributed by atoms with van der Waals surface area (Å²) in [6.07, 6.45) is 1.05. The molecular formula is C14H12BrN5O2S. The fourth-order valence-corrected chi connectivity index (χ4v) is 2.83. The van der Waals surface area contributed by atoms with E-state index in [4.69, 9.17) is 0 Å². The molecule has 1 aromatic carbocycles. The molecule has 0 aliphatic rings. The van der Waals surface area contributed by atoms with Crippen LogP contribution in [0, 0.1) is 0 Å². The normalized spacial score (nSPS) is 10.7. The van der Waals surface area contributed by atoms with Crippen molar-refractivity contribution in [2.24, 2.45) is 0 Å². The maximum atomic E-state index is 11.2. The summed E-state index contributed by atoms with van der Waals surface area (Å²) in [7, 11) is 1.29. The first-order chi connectivity index (χ1) is 11.1. The number of benzene rings is 1. The number of methoxy groups -OCH3 is 1. The molecule has 7 nitrogen and oxygen atoms in total. The minimum absolute atomic E-state index is 0.274. The van der Waals surface area contributed by atoms with Crippen molar-refractivity contribution in [3.05, 3.63) is 40.5 Å². The summed E-state index contributed by atoms with van der Waals surface area (Å²) in [6.45, 7) is 0. The number of imidazole rings is 1. The van der Waals surface area contributed by atoms with Crippen LogP contribution in [0.2, 0.25) is 0 Å². The number of rotatable bonds is 4. The summed E-state index contributed by atoms with van der Waals surface area (Å²) < 4.78 is 5.56. The first-order valence-electron chi connectivity index (χ1n) is 6.59. The van der Waals surface area contributed by atoms with E-state index >= 15 is 0 Å². The van der Waals surface area contributed by atoms with Crippen LogP contribution >= 0.6 is 27.7 Å². The molecule has 1 amide bonds. The van der Waals surface area contributed by atoms with E-state index in [9.17, 15) is 4.79 Å². The van der Waals surface area contributed by atoms with Gasteiger partial charge < -0.3 is 9.72 Å². The second kappa shape index (κ2) is 6.97. The second-order valence-electron chi connectivity index (χ2n) is 4.51. The number of carbonyl (C=O) groups excluding carboxylic acids is 1. The average Bonchev–Trinajstić information content (AvgIpc) is 2.95. The number of H-pyrrole nitrogens is 1. The standard InChI is InChI=1S/C14H12BrN5O2S/c1-22-14(21)20-12-17-10-6-16-13(19-11(10)18-12)23-7-8-2-4-9(15)5-3-8/h2-6H,7H2,1H3,(H2,16,17,18,19,20,21). The largest absolute Gasteiger partial charge is 0.453 e. The Labute approximate surface area is 144 Å². The van der Waals surface area contributed by atoms with E-state index in [2.05, 4.69) is 45.9 Å². The van der Waals surface area contributed by atoms with Gasteiger partial charge in [-0.25, -0.2) is 14.8 Å². The summed E-state index contributed by atoms with van der Waals surface area (Å²) in [5.41, 5.74) is 2.31. The Morgan fingerprint density at radius 1 is 1.35 bits per heavy atom. The Hall–Kier alpha value is -2.13. The highest BCUT2D eigenvalue weighted by atomic mass is 79.9. The summed E-state index contributed by atoms with van der Waals surface area (Å²) in [4.78, 5) is 26.9. The van der Waals surface area contributed by atoms with E-state index in [1.165, 1.54) is 24.4 Å². The lowest BCUT2D eigenvalue weighted by Crippen LogP contribution is -2.11. The van der Waals surface area contributed by atoms with Crippen LogP contribution in [0.3, 0.4) is 0 Å². The third-order valence-corrected chi connectivity index (χ3v) is 4.37. The Morgan fingerprint density at radius 3 is 2.87 bits per heavy atom. The van der Waals surface area contributed by atoms with E-state index in [1.54, 1.807) is 6.20 Å². The van der Waals surface area contributed by atoms with E-state index in [-0.39, 0.29) is 5.95 Å². The predicted molar refractivity (Wildman–Crippen MR) is 91.4 cm³/mol. The molecule has 2 N–H and O–H groups in total. The number of amides is 1. The van der Waals surface area contributed by atoms with Gasteiger partial charge in [0.1, 0.15) is 5.52 Å². The number of fused-ring (bicyclic) bond motifs is 1. The SMILES string of the molecule is COC(=O)Nc1nc2nc(SCc3ccc(Br)cc3)ncc2[nH]1. The van der Waals surface area contributed by atoms with Gasteiger partial charge in [0.15, 0.2) is 10.8 Å². The maximum Gasteiger partial charge on any atom is 0.413 e. The van der Waals surface area contributed by atoms with Crippen LogP contribution in [0.5, 0.6) is 0 Å². The van der Waals surface area contributed by atoms with Gasteiger partial charge in [-0.15, -0.1) is 0 Å². The lowest BCUT2D eigenvalue weighted by Gasteiger charge is -2.00. The summed E-state index contributed by atoms with van der Waals surface area (Å²) >= 11 is 4.93. The Morgan fingerprint density at radius 2 is 2.13 bits per heavy atom. The minimum Gasteiger partial charge on any atom is -0.453 e. The predicted octanol–water partition coefficient (Wildman–Crippen LogP) is 3.59. The number of ether oxygens (including phenoxy) is 1. The van der Waals surface area contributed by atoms with Crippen molar-refractivity contribution in [1.82, 2.24) is 19.9 Å². The third kappa shape index (κ3) is 3.99. The van der Waals surface area contributed by atoms with Gasteiger partial charge in [-0.05, 0) is 17.7 Å². The van der Waals surface area contributed by atoms with Crippen LogP contribution in [0.1, 0.15) is 5.56 Å². The number of halogens is 1. The molecule has 3 aromatic rings. The van der Waals surface area contributed by atoms with Crippen molar-refractivity contribution in [2.75, 3.05) is 12.4 Å². The molecule has 2 heterocycles. The van der Waals surface area contributed by atoms with Crippen LogP contribution in [0.15, 0.2) is 40.1 Å². The molecule has 3 rings (SSSR count). The first kappa shape index (κ1) is 15.8. The molecular weight excluding hydrogens is 382 g/mol. The zero-order valence-corrected chi connectivity index (χ0v) is 14.4. The van der Waals surface area contributed by atoms with Crippen LogP contribution in [0.4, 0.5) is 10.7 Å². The smallest absolute Gasteiger partial charge is 0.413 e. The molecule has 2 aromatic heterocycles. The van der Waals surface area contributed by atoms with Gasteiger partial charge in [-0.2, -0.15) is 4.98 Å². The molecule has 0 bridgehead atoms. The van der Waals surface area contributed by atoms with Crippen LogP contribution in [-0.2, 0) is 10.5 Å². The molecule has 118 valence electrons. The fourth-order valence-electron chi connectivity index (χ4n) is 1.80. The number of nitrogens with zero attached hydrogens (tertiary/aromatic N) is 3. The molecule has 0 saturated carbocycles. The molecule has 0 aliphatic carbocycles. The summed E-state index contributed by atoms with van der Waals surface area (Å²) in [6, 6.07) is 8.09. The number of aromatic amines is 1. The fraction of sp³-hybridized carbons (Fsp3) is 0.143. The van der Waals surface area contributed by atoms with Gasteiger partial charge >= 0.3 is 6.09 Å². The van der Waals surface area contributed by atoms with E-state index in [0.717, 1.165) is 10.2 Å². The second-order valence-corrected chi connectivity index (χ2v) is 6.37. The van der Waals surface area contributed by atoms with Crippen molar-refractivity contribution < 1.29 is 9.53 Å². The van der Waals surface area contributed by atoms with Gasteiger partial charge in [-0.3, -0.25) is 5.32 Å². The molecule has 0 saturated heterocycles. The minimum atomic E-state index is -0.596. The number of carbonyl (C=O) groups is 1. The van der Waals surface area contributed by atoms with Crippen molar-refractivity contribution in [1.29, 1.82) is 0 Å². The molecule has 0 spiro atoms. The third-order valence-electron chi connectivity index (χ3n) is 2.90. The van der Waals surface area contributed by atoms with Crippen LogP contribution in [0.25, 0.3) is 11.2 Å². The van der Waals surface area contributed by atoms with Crippen molar-refractivity contribution >= 4 is 50.9 Å². The molecule has 0 unspecified atom stereocenters. The van der Waals surface area contributed by atoms with Crippen molar-refractivity contribution in [2.45, 2.75) is 10.9 Å². The van der Waals surface area contributed by atoms with E-state index in [0.29, 0.717) is 16.3 Å². The Bertz CT molecular complexity index is 837. The van der Waals surface area contributed by atoms with E-state index in [1.807, 2.05) is 24.3 Å². The number of thioether (sulfide) groups is 1. The molecule has 0 atom stereocenters. The van der Waals surface area contributed by atoms with Crippen molar-refractivity contribution in [3.8, 4) is 0 Å². The van der Waals surface area contributed by atoms with Crippen molar-refractivity contribution in [3.63, 3.8) is 0 Å². The lowest BCUT2D eigenvalue weighted by molar-refractivity contribution is 0.186. The van der Waals surface area contributed by atoms with Crippen LogP contribution in [-0.4, -0.2) is 33.1 Å². The molecule has 9 heteroatoms. The first-order valence-corrected chi connectivity index (χ1v) is 8.37. The van der Waals surface area contributed by atoms with Crippen LogP contribution < -0.4 is 5.32 Å². The maximum absolute atomic E-state index is 11.2. The molecule has 23 heavy (non-hydrogen) atoms. The van der Waals surface area contributed by atoms with Gasteiger partial charge in [-0.1, -0.05) is 39.8 Å². The van der Waals surface area contributed by atoms with Gasteiger partial charge in [0.05, 0.1) is 13.3 Å². The van der Waals surface area contributed by atoms with Gasteiger partial charge in [0.2, 0.25) is 5.95 Å². The highest BCUT2D eigenvalue weighted by Crippen LogP contribution is 2.22. The number of nitrogens with one attached hydrogen (secondary N) is 2. The lowest BCUT2D eigenvalue weighted by atomic mass is 10.2. The average molecular weight is 394 g/mol. The Balaban J connectivity index is 1.71. The topological polar surface area (TPSA) is 92.8 Å². The summed E-state index contributed by atoms with van der Waals surface area (Å²) in [5.74, 6) is 1.03. The number of hydrogen-bond donors (Lipinski definition) is 2. The highest BCUT2D eigenvalue weighted by Gasteiger charge is 2.09. The van der Waals surface area contributed by atoms with E-state index < -0.39 is 6.09 Å². The molecule has 0 fully saturated rings. The monoisotopic (exact) mass is 393 g/mol. The zero-order valence-electron chi connectivity index (χ0n) is 12.0. The molecule has 0 radical (unpaired) electrons. The number of anilines is 1. The quantitative estimate of drug-likeness (QED) is 0.519. The van der Waals surface area contributed by atoms with Gasteiger partial charge in [0, 0.05) is 10.2 Å². The number of hydrogen-bond acceptors (Lipinski definition) is 6. The Kier molecular flexibility index (Phi) is 4.77.